The van der Waals surface area contributed by atoms with Crippen molar-refractivity contribution in [2.45, 2.75) is 116 Å². The van der Waals surface area contributed by atoms with Crippen molar-refractivity contribution >= 4 is 72.9 Å². The zero-order valence-corrected chi connectivity index (χ0v) is 54.4. The summed E-state index contributed by atoms with van der Waals surface area (Å²) in [5.74, 6) is -2.82. The normalized spacial score (nSPS) is 12.4. The fraction of sp³-hybridized carbons (Fsp3) is 0.314. The number of methoxy groups -OCH3 is 4. The molecule has 21 heteroatoms. The topological polar surface area (TPSA) is 266 Å². The molecular weight excluding hydrogens is 1200 g/mol. The molecule has 0 aliphatic carbocycles. The average Bonchev–Trinajstić information content (AvgIpc) is 1.61. The van der Waals surface area contributed by atoms with E-state index in [1.165, 1.54) is 52.7 Å². The number of hydrogen-bond acceptors (Lipinski definition) is 14. The molecule has 0 aliphatic heterocycles. The van der Waals surface area contributed by atoms with E-state index < -0.39 is 60.8 Å². The van der Waals surface area contributed by atoms with Gasteiger partial charge < -0.3 is 78.9 Å². The molecule has 0 saturated heterocycles. The van der Waals surface area contributed by atoms with Gasteiger partial charge in [0.1, 0.15) is 11.6 Å². The SMILES string of the molecule is COc1ccc(NC(=O)c2c(-c3ccccc3)c(-c3ccc(F)cc3)n(CC[C@@H](O)C[C@@H](O)CC(=O)[O-])c2C(C)C)cc1OC.COc1ccc(NC(=O)c2c(-c3ccccc3)c(-c3ccc(F)cc3)n(CC[C@@H](O)C[C@@H](O)CC(=O)[O-])c2C(C)C)cc1OC.[Ca+2]. The van der Waals surface area contributed by atoms with E-state index in [2.05, 4.69) is 10.6 Å². The Labute approximate surface area is 558 Å². The number of carbonyl (C=O) groups excluding carboxylic acids is 4. The van der Waals surface area contributed by atoms with Gasteiger partial charge in [-0.1, -0.05) is 88.4 Å². The number of nitrogens with zero attached hydrogens (tertiary/aromatic N) is 2. The van der Waals surface area contributed by atoms with Crippen LogP contribution < -0.4 is 39.8 Å². The van der Waals surface area contributed by atoms with Crippen molar-refractivity contribution in [3.63, 3.8) is 0 Å². The molecule has 0 fully saturated rings. The van der Waals surface area contributed by atoms with Crippen molar-refractivity contribution in [1.82, 2.24) is 9.13 Å². The molecule has 6 N–H and O–H groups in total. The summed E-state index contributed by atoms with van der Waals surface area (Å²) in [5, 5.41) is 69.6. The minimum atomic E-state index is -1.40. The van der Waals surface area contributed by atoms with Crippen LogP contribution in [-0.2, 0) is 22.7 Å². The Bertz CT molecular complexity index is 3490. The van der Waals surface area contributed by atoms with Gasteiger partial charge in [0.15, 0.2) is 23.0 Å². The molecule has 18 nitrogen and oxygen atoms in total. The first-order valence-corrected chi connectivity index (χ1v) is 29.4. The van der Waals surface area contributed by atoms with Gasteiger partial charge in [-0.05, 0) is 133 Å². The Morgan fingerprint density at radius 1 is 0.462 bits per heavy atom. The number of aliphatic carboxylic acids is 2. The summed E-state index contributed by atoms with van der Waals surface area (Å²) in [7, 11) is 6.07. The summed E-state index contributed by atoms with van der Waals surface area (Å²) in [4.78, 5) is 50.5. The number of rotatable bonds is 28. The third-order valence-electron chi connectivity index (χ3n) is 15.1. The van der Waals surface area contributed by atoms with Crippen LogP contribution in [-0.4, -0.2) is 144 Å². The zero-order valence-electron chi connectivity index (χ0n) is 52.2. The number of anilines is 2. The number of nitrogens with one attached hydrogen (secondary N) is 2. The Morgan fingerprint density at radius 3 is 1.09 bits per heavy atom. The number of benzene rings is 6. The van der Waals surface area contributed by atoms with Crippen LogP contribution in [0.25, 0.3) is 44.8 Å². The van der Waals surface area contributed by atoms with Crippen LogP contribution >= 0.6 is 0 Å². The number of halogens is 2. The number of aliphatic hydroxyl groups is 4. The first-order chi connectivity index (χ1) is 43.1. The molecule has 0 unspecified atom stereocenters. The van der Waals surface area contributed by atoms with E-state index in [4.69, 9.17) is 18.9 Å². The second kappa shape index (κ2) is 33.8. The summed E-state index contributed by atoms with van der Waals surface area (Å²) >= 11 is 0. The summed E-state index contributed by atoms with van der Waals surface area (Å²) in [6.07, 6.45) is -5.78. The fourth-order valence-electron chi connectivity index (χ4n) is 11.2. The van der Waals surface area contributed by atoms with Gasteiger partial charge >= 0.3 is 37.7 Å². The molecule has 0 bridgehead atoms. The zero-order chi connectivity index (χ0) is 65.3. The number of ether oxygens (including phenoxy) is 4. The summed E-state index contributed by atoms with van der Waals surface area (Å²) in [6.45, 7) is 8.29. The Balaban J connectivity index is 0.000000286. The summed E-state index contributed by atoms with van der Waals surface area (Å²) in [6, 6.07) is 41.0. The molecule has 2 heterocycles. The van der Waals surface area contributed by atoms with E-state index in [-0.39, 0.29) is 100 Å². The summed E-state index contributed by atoms with van der Waals surface area (Å²) < 4.78 is 53.6. The first kappa shape index (κ1) is 72.0. The van der Waals surface area contributed by atoms with Crippen LogP contribution in [0, 0.1) is 11.6 Å². The van der Waals surface area contributed by atoms with Gasteiger partial charge in [-0.15, -0.1) is 0 Å². The molecule has 476 valence electrons. The molecule has 2 amide bonds. The molecule has 8 rings (SSSR count). The van der Waals surface area contributed by atoms with Crippen molar-refractivity contribution < 1.29 is 77.5 Å². The number of aliphatic hydroxyl groups excluding tert-OH is 4. The molecular formula is C70H76CaF2N4O14. The average molecular weight is 1280 g/mol. The van der Waals surface area contributed by atoms with Gasteiger partial charge in [-0.3, -0.25) is 9.59 Å². The number of carbonyl (C=O) groups is 4. The van der Waals surface area contributed by atoms with Gasteiger partial charge in [0, 0.05) is 83.9 Å². The van der Waals surface area contributed by atoms with E-state index in [1.54, 1.807) is 60.7 Å². The van der Waals surface area contributed by atoms with E-state index in [0.29, 0.717) is 90.5 Å². The summed E-state index contributed by atoms with van der Waals surface area (Å²) in [5.41, 5.74) is 8.61. The van der Waals surface area contributed by atoms with Crippen LogP contribution in [0.2, 0.25) is 0 Å². The minimum Gasteiger partial charge on any atom is -0.550 e. The van der Waals surface area contributed by atoms with Gasteiger partial charge in [0.2, 0.25) is 0 Å². The van der Waals surface area contributed by atoms with E-state index >= 15 is 0 Å². The minimum absolute atomic E-state index is 0. The van der Waals surface area contributed by atoms with Crippen LogP contribution in [0.4, 0.5) is 20.2 Å². The molecule has 0 saturated carbocycles. The van der Waals surface area contributed by atoms with Crippen LogP contribution in [0.1, 0.15) is 110 Å². The molecule has 6 aromatic carbocycles. The van der Waals surface area contributed by atoms with E-state index in [0.717, 1.165) is 11.1 Å². The number of carboxylic acid groups (broad SMARTS) is 2. The smallest absolute Gasteiger partial charge is 0.550 e. The predicted octanol–water partition coefficient (Wildman–Crippen LogP) is 9.61. The Kier molecular flexibility index (Phi) is 26.8. The third kappa shape index (κ3) is 18.6. The first-order valence-electron chi connectivity index (χ1n) is 29.4. The molecule has 91 heavy (non-hydrogen) atoms. The number of carboxylic acids is 2. The van der Waals surface area contributed by atoms with Crippen molar-refractivity contribution in [2.75, 3.05) is 39.1 Å². The second-order valence-electron chi connectivity index (χ2n) is 22.2. The van der Waals surface area contributed by atoms with Crippen LogP contribution in [0.3, 0.4) is 0 Å². The van der Waals surface area contributed by atoms with Crippen molar-refractivity contribution in [1.29, 1.82) is 0 Å². The van der Waals surface area contributed by atoms with Crippen molar-refractivity contribution in [3.8, 4) is 67.8 Å². The predicted molar refractivity (Wildman–Crippen MR) is 341 cm³/mol. The Hall–Kier alpha value is -8.08. The van der Waals surface area contributed by atoms with Gasteiger partial charge in [-0.25, -0.2) is 8.78 Å². The largest absolute Gasteiger partial charge is 2.00 e. The van der Waals surface area contributed by atoms with Gasteiger partial charge in [-0.2, -0.15) is 0 Å². The standard InChI is InChI=1S/2C35H39FN2O7.Ca/c2*1-21(2)33-32(35(43)37-25-14-15-28(44-3)29(18-25)45-4)31(22-8-6-5-7-9-22)34(23-10-12-24(36)13-11-23)38(33)17-16-26(39)19-27(40)20-30(41)42;/h2*5-15,18,21,26-27,39-40H,16-17,19-20H2,1-4H3,(H,37,43)(H,41,42);/q;;+2/p-2/t2*26-,27-;/m11./s1. The second-order valence-corrected chi connectivity index (χ2v) is 22.2. The maximum Gasteiger partial charge on any atom is 2.00 e. The van der Waals surface area contributed by atoms with Gasteiger partial charge in [0.25, 0.3) is 11.8 Å². The maximum absolute atomic E-state index is 14.3. The van der Waals surface area contributed by atoms with E-state index in [9.17, 15) is 58.6 Å². The van der Waals surface area contributed by atoms with Crippen molar-refractivity contribution in [2.24, 2.45) is 0 Å². The fourth-order valence-corrected chi connectivity index (χ4v) is 11.2. The monoisotopic (exact) mass is 1270 g/mol. The van der Waals surface area contributed by atoms with E-state index in [1.807, 2.05) is 97.5 Å². The van der Waals surface area contributed by atoms with Crippen LogP contribution in [0.15, 0.2) is 146 Å². The quantitative estimate of drug-likeness (QED) is 0.0249. The van der Waals surface area contributed by atoms with Crippen molar-refractivity contribution in [3.05, 3.63) is 180 Å². The molecule has 8 aromatic rings. The molecule has 0 radical (unpaired) electrons. The maximum atomic E-state index is 14.3. The number of amides is 2. The third-order valence-corrected chi connectivity index (χ3v) is 15.1. The van der Waals surface area contributed by atoms with Crippen LogP contribution in [0.5, 0.6) is 23.0 Å². The number of hydrogen-bond donors (Lipinski definition) is 6. The molecule has 2 aromatic heterocycles. The molecule has 4 atom stereocenters. The van der Waals surface area contributed by atoms with Gasteiger partial charge in [0.05, 0.1) is 75.4 Å². The molecule has 0 aliphatic rings. The molecule has 0 spiro atoms. The Morgan fingerprint density at radius 2 is 0.791 bits per heavy atom. The number of aromatic nitrogens is 2.